The molecule has 0 aliphatic rings. The number of aromatic nitrogens is 2. The first-order chi connectivity index (χ1) is 13.4. The second-order valence-electron chi connectivity index (χ2n) is 5.61. The Morgan fingerprint density at radius 3 is 2.61 bits per heavy atom. The van der Waals surface area contributed by atoms with Crippen molar-refractivity contribution in [3.8, 4) is 23.3 Å². The molecule has 2 heterocycles. The highest BCUT2D eigenvalue weighted by atomic mass is 35.5. The molecular formula is C18H13ClN4O5. The molecular weight excluding hydrogens is 388 g/mol. The van der Waals surface area contributed by atoms with Gasteiger partial charge in [0.1, 0.15) is 18.4 Å². The number of ether oxygens (including phenoxy) is 1. The number of carboxylic acids is 1. The highest BCUT2D eigenvalue weighted by molar-refractivity contribution is 6.36. The molecule has 0 fully saturated rings. The second kappa shape index (κ2) is 7.46. The molecule has 0 saturated carbocycles. The van der Waals surface area contributed by atoms with E-state index in [9.17, 15) is 20.0 Å². The maximum atomic E-state index is 12.2. The minimum Gasteiger partial charge on any atom is -0.505 e. The van der Waals surface area contributed by atoms with Crippen LogP contribution in [0.15, 0.2) is 30.5 Å². The number of benzene rings is 1. The van der Waals surface area contributed by atoms with Crippen molar-refractivity contribution < 1.29 is 24.5 Å². The molecule has 9 nitrogen and oxygen atoms in total. The summed E-state index contributed by atoms with van der Waals surface area (Å²) < 4.78 is 6.67. The molecule has 2 aromatic heterocycles. The number of carboxylic acid groups (broad SMARTS) is 1. The maximum absolute atomic E-state index is 12.2. The summed E-state index contributed by atoms with van der Waals surface area (Å²) in [6.07, 6.45) is 1.48. The Morgan fingerprint density at radius 1 is 1.36 bits per heavy atom. The molecule has 0 aliphatic heterocycles. The third-order valence-corrected chi connectivity index (χ3v) is 4.23. The first-order valence-electron chi connectivity index (χ1n) is 7.85. The lowest BCUT2D eigenvalue weighted by atomic mass is 10.1. The number of rotatable bonds is 5. The summed E-state index contributed by atoms with van der Waals surface area (Å²) in [4.78, 5) is 26.7. The second-order valence-corrected chi connectivity index (χ2v) is 6.02. The number of aliphatic carboxylic acids is 1. The fraction of sp³-hybridized carbons (Fsp3) is 0.111. The highest BCUT2D eigenvalue weighted by Crippen LogP contribution is 2.38. The lowest BCUT2D eigenvalue weighted by molar-refractivity contribution is -0.135. The molecule has 1 amide bonds. The number of halogens is 1. The first-order valence-corrected chi connectivity index (χ1v) is 8.23. The number of nitrogens with one attached hydrogen (secondary N) is 1. The van der Waals surface area contributed by atoms with Gasteiger partial charge in [0.05, 0.1) is 23.0 Å². The highest BCUT2D eigenvalue weighted by Gasteiger charge is 2.24. The predicted octanol–water partition coefficient (Wildman–Crippen LogP) is 2.08. The Bertz CT molecular complexity index is 1130. The van der Waals surface area contributed by atoms with Crippen molar-refractivity contribution in [3.63, 3.8) is 0 Å². The zero-order chi connectivity index (χ0) is 20.4. The summed E-state index contributed by atoms with van der Waals surface area (Å²) in [6.45, 7) is -0.666. The summed E-state index contributed by atoms with van der Waals surface area (Å²) >= 11 is 6.26. The summed E-state index contributed by atoms with van der Waals surface area (Å²) in [5.74, 6) is -2.12. The molecule has 0 saturated heterocycles. The van der Waals surface area contributed by atoms with Crippen LogP contribution in [0.5, 0.6) is 11.5 Å². The molecule has 0 unspecified atom stereocenters. The number of nitriles is 1. The van der Waals surface area contributed by atoms with E-state index in [-0.39, 0.29) is 21.6 Å². The van der Waals surface area contributed by atoms with E-state index < -0.39 is 29.9 Å². The van der Waals surface area contributed by atoms with Crippen molar-refractivity contribution in [1.82, 2.24) is 14.9 Å². The molecule has 3 aromatic rings. The molecule has 3 rings (SSSR count). The van der Waals surface area contributed by atoms with E-state index in [0.717, 1.165) is 0 Å². The molecule has 0 radical (unpaired) electrons. The minimum atomic E-state index is -1.27. The van der Waals surface area contributed by atoms with E-state index >= 15 is 0 Å². The molecule has 3 N–H and O–H groups in total. The van der Waals surface area contributed by atoms with Gasteiger partial charge in [0.2, 0.25) is 0 Å². The molecule has 28 heavy (non-hydrogen) atoms. The fourth-order valence-corrected chi connectivity index (χ4v) is 2.97. The van der Waals surface area contributed by atoms with Crippen LogP contribution in [0.3, 0.4) is 0 Å². The van der Waals surface area contributed by atoms with Gasteiger partial charge in [-0.1, -0.05) is 11.6 Å². The van der Waals surface area contributed by atoms with Gasteiger partial charge >= 0.3 is 5.97 Å². The molecule has 0 bridgehead atoms. The number of hydrogen-bond donors (Lipinski definition) is 3. The summed E-state index contributed by atoms with van der Waals surface area (Å²) in [7, 11) is 1.53. The smallest absolute Gasteiger partial charge is 0.322 e. The number of aromatic hydroxyl groups is 1. The van der Waals surface area contributed by atoms with E-state index in [1.807, 2.05) is 6.07 Å². The lowest BCUT2D eigenvalue weighted by Crippen LogP contribution is -2.30. The van der Waals surface area contributed by atoms with Crippen molar-refractivity contribution in [1.29, 1.82) is 5.26 Å². The van der Waals surface area contributed by atoms with Gasteiger partial charge in [-0.25, -0.2) is 4.98 Å². The zero-order valence-corrected chi connectivity index (χ0v) is 15.2. The number of carbonyl (C=O) groups is 2. The van der Waals surface area contributed by atoms with Crippen LogP contribution in [0.2, 0.25) is 5.02 Å². The first kappa shape index (κ1) is 19.0. The van der Waals surface area contributed by atoms with Gasteiger partial charge in [-0.15, -0.1) is 0 Å². The number of methoxy groups -OCH3 is 1. The summed E-state index contributed by atoms with van der Waals surface area (Å²) in [6, 6.07) is 8.75. The lowest BCUT2D eigenvalue weighted by Gasteiger charge is -2.10. The van der Waals surface area contributed by atoms with Gasteiger partial charge in [0, 0.05) is 11.9 Å². The van der Waals surface area contributed by atoms with Gasteiger partial charge in [-0.05, 0) is 24.3 Å². The fourth-order valence-electron chi connectivity index (χ4n) is 2.69. The van der Waals surface area contributed by atoms with Crippen LogP contribution in [0.4, 0.5) is 0 Å². The maximum Gasteiger partial charge on any atom is 0.322 e. The molecule has 1 aromatic carbocycles. The summed E-state index contributed by atoms with van der Waals surface area (Å²) in [5, 5.41) is 31.0. The predicted molar refractivity (Wildman–Crippen MR) is 99.0 cm³/mol. The van der Waals surface area contributed by atoms with Crippen molar-refractivity contribution in [3.05, 3.63) is 46.9 Å². The van der Waals surface area contributed by atoms with Crippen LogP contribution in [0.25, 0.3) is 16.6 Å². The van der Waals surface area contributed by atoms with E-state index in [0.29, 0.717) is 11.4 Å². The number of fused-ring (bicyclic) bond motifs is 1. The van der Waals surface area contributed by atoms with Gasteiger partial charge < -0.3 is 24.8 Å². The van der Waals surface area contributed by atoms with Crippen molar-refractivity contribution >= 4 is 34.4 Å². The van der Waals surface area contributed by atoms with Gasteiger partial charge in [-0.2, -0.15) is 5.26 Å². The molecule has 142 valence electrons. The van der Waals surface area contributed by atoms with E-state index in [1.54, 1.807) is 28.8 Å². The zero-order valence-electron chi connectivity index (χ0n) is 14.4. The number of amides is 1. The average molecular weight is 401 g/mol. The van der Waals surface area contributed by atoms with Crippen LogP contribution in [-0.2, 0) is 4.79 Å². The number of carbonyl (C=O) groups excluding carboxylic acids is 1. The molecule has 10 heteroatoms. The molecule has 0 spiro atoms. The monoisotopic (exact) mass is 400 g/mol. The van der Waals surface area contributed by atoms with Gasteiger partial charge in [0.25, 0.3) is 5.91 Å². The Kier molecular flexibility index (Phi) is 5.06. The SMILES string of the molecule is COc1ccc(-n2cc(Cl)c3c(O)c(C(=O)NCC(=O)O)nc(C#N)c32)cc1. The van der Waals surface area contributed by atoms with E-state index in [2.05, 4.69) is 10.3 Å². The van der Waals surface area contributed by atoms with Crippen LogP contribution in [0, 0.1) is 11.3 Å². The minimum absolute atomic E-state index is 0.0597. The Labute approximate surface area is 163 Å². The van der Waals surface area contributed by atoms with Crippen LogP contribution in [-0.4, -0.2) is 45.3 Å². The Morgan fingerprint density at radius 2 is 2.04 bits per heavy atom. The van der Waals surface area contributed by atoms with Crippen LogP contribution >= 0.6 is 11.6 Å². The number of nitrogens with zero attached hydrogens (tertiary/aromatic N) is 3. The van der Waals surface area contributed by atoms with Crippen LogP contribution in [0.1, 0.15) is 16.2 Å². The molecule has 0 aliphatic carbocycles. The van der Waals surface area contributed by atoms with Crippen molar-refractivity contribution in [2.24, 2.45) is 0 Å². The normalized spacial score (nSPS) is 10.5. The van der Waals surface area contributed by atoms with E-state index in [4.69, 9.17) is 21.4 Å². The Hall–Kier alpha value is -3.77. The average Bonchev–Trinajstić information content (AvgIpc) is 3.04. The third-order valence-electron chi connectivity index (χ3n) is 3.94. The third kappa shape index (κ3) is 3.28. The quantitative estimate of drug-likeness (QED) is 0.596. The number of hydrogen-bond acceptors (Lipinski definition) is 6. The van der Waals surface area contributed by atoms with E-state index in [1.165, 1.54) is 13.3 Å². The summed E-state index contributed by atoms with van der Waals surface area (Å²) in [5.41, 5.74) is 0.194. The van der Waals surface area contributed by atoms with Gasteiger partial charge in [-0.3, -0.25) is 9.59 Å². The van der Waals surface area contributed by atoms with Crippen LogP contribution < -0.4 is 10.1 Å². The number of pyridine rings is 1. The largest absolute Gasteiger partial charge is 0.505 e. The molecule has 0 atom stereocenters. The van der Waals surface area contributed by atoms with Crippen molar-refractivity contribution in [2.75, 3.05) is 13.7 Å². The Balaban J connectivity index is 2.20. The van der Waals surface area contributed by atoms with Gasteiger partial charge in [0.15, 0.2) is 17.1 Å². The van der Waals surface area contributed by atoms with Crippen molar-refractivity contribution in [2.45, 2.75) is 0 Å². The topological polar surface area (TPSA) is 137 Å². The standard InChI is InChI=1S/C18H13ClN4O5/c1-28-10-4-2-9(3-5-10)23-8-11(19)14-16(23)12(6-20)22-15(17(14)26)18(27)21-7-13(24)25/h2-5,8,26H,7H2,1H3,(H,21,27)(H,24,25).